The number of ketones is 1. The van der Waals surface area contributed by atoms with Crippen molar-refractivity contribution in [3.63, 3.8) is 0 Å². The minimum atomic E-state index is 0.0769. The summed E-state index contributed by atoms with van der Waals surface area (Å²) in [4.78, 5) is 19.5. The van der Waals surface area contributed by atoms with Gasteiger partial charge in [0.2, 0.25) is 0 Å². The molecule has 0 saturated heterocycles. The monoisotopic (exact) mass is 238 g/mol. The summed E-state index contributed by atoms with van der Waals surface area (Å²) in [6.07, 6.45) is 1.58. The molecule has 1 aliphatic rings. The number of Topliss-reactive ketones (excluding diaryl/α,β-unsaturated/α-hetero) is 1. The summed E-state index contributed by atoms with van der Waals surface area (Å²) in [6, 6.07) is 0. The number of rotatable bonds is 2. The summed E-state index contributed by atoms with van der Waals surface area (Å²) < 4.78 is 0. The third-order valence-electron chi connectivity index (χ3n) is 2.73. The Morgan fingerprint density at radius 1 is 1.38 bits per heavy atom. The average Bonchev–Trinajstić information content (AvgIpc) is 2.43. The van der Waals surface area contributed by atoms with Crippen LogP contribution < -0.4 is 0 Å². The molecule has 0 atom stereocenters. The molecule has 1 aromatic rings. The number of nitrogens with zero attached hydrogens (tertiary/aromatic N) is 2. The Hall–Kier alpha value is -0.740. The van der Waals surface area contributed by atoms with E-state index in [9.17, 15) is 4.79 Å². The second kappa shape index (κ2) is 3.93. The first-order valence-corrected chi connectivity index (χ1v) is 6.35. The quantitative estimate of drug-likeness (QED) is 0.793. The predicted octanol–water partition coefficient (Wildman–Crippen LogP) is 2.36. The van der Waals surface area contributed by atoms with Crippen molar-refractivity contribution in [1.82, 2.24) is 9.88 Å². The van der Waals surface area contributed by atoms with Gasteiger partial charge in [-0.05, 0) is 25.9 Å². The maximum atomic E-state index is 12.0. The fourth-order valence-corrected chi connectivity index (χ4v) is 3.24. The van der Waals surface area contributed by atoms with E-state index >= 15 is 0 Å². The van der Waals surface area contributed by atoms with Gasteiger partial charge in [0.15, 0.2) is 5.78 Å². The molecule has 0 saturated carbocycles. The van der Waals surface area contributed by atoms with Gasteiger partial charge < -0.3 is 4.90 Å². The van der Waals surface area contributed by atoms with Crippen LogP contribution in [0.1, 0.15) is 40.6 Å². The zero-order valence-corrected chi connectivity index (χ0v) is 11.1. The second-order valence-electron chi connectivity index (χ2n) is 5.56. The SMILES string of the molecule is CN(C)Cc1nc2c(s1)C(=O)CC(C)(C)C2. The zero-order chi connectivity index (χ0) is 11.9. The van der Waals surface area contributed by atoms with Gasteiger partial charge in [-0.1, -0.05) is 13.8 Å². The zero-order valence-electron chi connectivity index (χ0n) is 10.3. The van der Waals surface area contributed by atoms with Crippen molar-refractivity contribution < 1.29 is 4.79 Å². The molecule has 0 spiro atoms. The van der Waals surface area contributed by atoms with Crippen molar-refractivity contribution in [2.24, 2.45) is 5.41 Å². The fraction of sp³-hybridized carbons (Fsp3) is 0.667. The average molecular weight is 238 g/mol. The smallest absolute Gasteiger partial charge is 0.175 e. The molecule has 1 heterocycles. The van der Waals surface area contributed by atoms with Crippen molar-refractivity contribution in [3.8, 4) is 0 Å². The molecular formula is C12H18N2OS. The van der Waals surface area contributed by atoms with Crippen LogP contribution in [0, 0.1) is 5.41 Å². The molecule has 1 aliphatic carbocycles. The normalized spacial score (nSPS) is 18.9. The summed E-state index contributed by atoms with van der Waals surface area (Å²) in [5.41, 5.74) is 1.09. The lowest BCUT2D eigenvalue weighted by atomic mass is 9.78. The van der Waals surface area contributed by atoms with Gasteiger partial charge in [-0.15, -0.1) is 11.3 Å². The van der Waals surface area contributed by atoms with Gasteiger partial charge in [-0.25, -0.2) is 4.98 Å². The van der Waals surface area contributed by atoms with Gasteiger partial charge in [0.05, 0.1) is 10.6 Å². The van der Waals surface area contributed by atoms with Crippen LogP contribution in [0.4, 0.5) is 0 Å². The molecule has 88 valence electrons. The number of fused-ring (bicyclic) bond motifs is 1. The van der Waals surface area contributed by atoms with Crippen LogP contribution in [-0.2, 0) is 13.0 Å². The highest BCUT2D eigenvalue weighted by Gasteiger charge is 2.33. The van der Waals surface area contributed by atoms with E-state index in [1.165, 1.54) is 0 Å². The van der Waals surface area contributed by atoms with E-state index in [2.05, 4.69) is 23.7 Å². The summed E-state index contributed by atoms with van der Waals surface area (Å²) in [5, 5.41) is 1.06. The van der Waals surface area contributed by atoms with E-state index in [1.54, 1.807) is 11.3 Å². The molecule has 0 aromatic carbocycles. The molecule has 0 N–H and O–H groups in total. The molecule has 0 fully saturated rings. The number of aromatic nitrogens is 1. The van der Waals surface area contributed by atoms with Crippen molar-refractivity contribution >= 4 is 17.1 Å². The first kappa shape index (κ1) is 11.7. The largest absolute Gasteiger partial charge is 0.303 e. The van der Waals surface area contributed by atoms with Crippen LogP contribution in [0.3, 0.4) is 0 Å². The number of hydrogen-bond acceptors (Lipinski definition) is 4. The minimum Gasteiger partial charge on any atom is -0.303 e. The number of carbonyl (C=O) groups excluding carboxylic acids is 1. The Kier molecular flexibility index (Phi) is 2.88. The van der Waals surface area contributed by atoms with Crippen LogP contribution in [0.15, 0.2) is 0 Å². The van der Waals surface area contributed by atoms with E-state index in [-0.39, 0.29) is 11.2 Å². The Morgan fingerprint density at radius 3 is 2.69 bits per heavy atom. The van der Waals surface area contributed by atoms with Gasteiger partial charge in [-0.3, -0.25) is 4.79 Å². The predicted molar refractivity (Wildman–Crippen MR) is 65.9 cm³/mol. The van der Waals surface area contributed by atoms with E-state index in [1.807, 2.05) is 14.1 Å². The van der Waals surface area contributed by atoms with Crippen LogP contribution in [0.25, 0.3) is 0 Å². The molecule has 0 bridgehead atoms. The fourth-order valence-electron chi connectivity index (χ4n) is 2.11. The molecule has 4 heteroatoms. The van der Waals surface area contributed by atoms with Crippen LogP contribution >= 0.6 is 11.3 Å². The summed E-state index contributed by atoms with van der Waals surface area (Å²) in [7, 11) is 4.04. The Labute approximate surface area is 100 Å². The first-order valence-electron chi connectivity index (χ1n) is 5.54. The second-order valence-corrected chi connectivity index (χ2v) is 6.65. The van der Waals surface area contributed by atoms with Gasteiger partial charge in [-0.2, -0.15) is 0 Å². The van der Waals surface area contributed by atoms with Crippen LogP contribution in [-0.4, -0.2) is 29.8 Å². The summed E-state index contributed by atoms with van der Waals surface area (Å²) in [5.74, 6) is 0.272. The van der Waals surface area contributed by atoms with Crippen LogP contribution in [0.5, 0.6) is 0 Å². The maximum absolute atomic E-state index is 12.0. The molecule has 16 heavy (non-hydrogen) atoms. The summed E-state index contributed by atoms with van der Waals surface area (Å²) >= 11 is 1.57. The van der Waals surface area contributed by atoms with E-state index in [0.717, 1.165) is 28.5 Å². The minimum absolute atomic E-state index is 0.0769. The Bertz CT molecular complexity index is 421. The standard InChI is InChI=1S/C12H18N2OS/c1-12(2)5-8-11(9(15)6-12)16-10(13-8)7-14(3)4/h5-7H2,1-4H3. The molecule has 0 amide bonds. The van der Waals surface area contributed by atoms with E-state index < -0.39 is 0 Å². The molecule has 0 unspecified atom stereocenters. The first-order chi connectivity index (χ1) is 7.37. The number of carbonyl (C=O) groups is 1. The third-order valence-corrected chi connectivity index (χ3v) is 3.85. The van der Waals surface area contributed by atoms with E-state index in [4.69, 9.17) is 0 Å². The molecule has 3 nitrogen and oxygen atoms in total. The number of thiazole rings is 1. The molecule has 1 aromatic heterocycles. The van der Waals surface area contributed by atoms with Gasteiger partial charge in [0.1, 0.15) is 5.01 Å². The van der Waals surface area contributed by atoms with Gasteiger partial charge >= 0.3 is 0 Å². The highest BCUT2D eigenvalue weighted by molar-refractivity contribution is 7.13. The molecular weight excluding hydrogens is 220 g/mol. The van der Waals surface area contributed by atoms with E-state index in [0.29, 0.717) is 6.42 Å². The lowest BCUT2D eigenvalue weighted by Gasteiger charge is -2.26. The lowest BCUT2D eigenvalue weighted by molar-refractivity contribution is 0.0916. The van der Waals surface area contributed by atoms with Crippen molar-refractivity contribution in [2.45, 2.75) is 33.2 Å². The van der Waals surface area contributed by atoms with Crippen LogP contribution in [0.2, 0.25) is 0 Å². The topological polar surface area (TPSA) is 33.2 Å². The molecule has 0 aliphatic heterocycles. The maximum Gasteiger partial charge on any atom is 0.175 e. The van der Waals surface area contributed by atoms with Crippen molar-refractivity contribution in [2.75, 3.05) is 14.1 Å². The van der Waals surface area contributed by atoms with Crippen molar-refractivity contribution in [3.05, 3.63) is 15.6 Å². The highest BCUT2D eigenvalue weighted by atomic mass is 32.1. The lowest BCUT2D eigenvalue weighted by Crippen LogP contribution is -2.26. The van der Waals surface area contributed by atoms with Crippen molar-refractivity contribution in [1.29, 1.82) is 0 Å². The number of hydrogen-bond donors (Lipinski definition) is 0. The Morgan fingerprint density at radius 2 is 2.06 bits per heavy atom. The molecule has 2 rings (SSSR count). The van der Waals surface area contributed by atoms with Gasteiger partial charge in [0, 0.05) is 13.0 Å². The Balaban J connectivity index is 2.30. The highest BCUT2D eigenvalue weighted by Crippen LogP contribution is 2.36. The van der Waals surface area contributed by atoms with Gasteiger partial charge in [0.25, 0.3) is 0 Å². The third kappa shape index (κ3) is 2.33. The summed E-state index contributed by atoms with van der Waals surface area (Å²) in [6.45, 7) is 5.10. The molecule has 0 radical (unpaired) electrons.